The molecule has 1 amide bonds. The Morgan fingerprint density at radius 2 is 1.66 bits per heavy atom. The number of sulfone groups is 1. The van der Waals surface area contributed by atoms with Gasteiger partial charge in [0.1, 0.15) is 6.29 Å². The molecule has 0 bridgehead atoms. The highest BCUT2D eigenvalue weighted by Gasteiger charge is 2.37. The molecule has 0 radical (unpaired) electrons. The summed E-state index contributed by atoms with van der Waals surface area (Å²) in [5, 5.41) is 2.25. The number of carbonyl (C=O) groups is 2. The third kappa shape index (κ3) is 10.8. The first-order chi connectivity index (χ1) is 13.6. The molecule has 0 saturated carbocycles. The minimum atomic E-state index is -3.76. The molecule has 14 heteroatoms. The number of carbonyl (C=O) groups excluding carboxylic acids is 2. The quantitative estimate of drug-likeness (QED) is 0.176. The number of halogens is 3. The van der Waals surface area contributed by atoms with E-state index in [-0.39, 0.29) is 43.9 Å². The largest absolute Gasteiger partial charge is 0.346 e. The van der Waals surface area contributed by atoms with Crippen molar-refractivity contribution in [2.75, 3.05) is 61.9 Å². The van der Waals surface area contributed by atoms with Crippen molar-refractivity contribution in [2.24, 2.45) is 0 Å². The minimum Gasteiger partial charge on any atom is -0.346 e. The van der Waals surface area contributed by atoms with E-state index in [1.165, 1.54) is 16.3 Å². The average Bonchev–Trinajstić information content (AvgIpc) is 2.64. The van der Waals surface area contributed by atoms with Crippen molar-refractivity contribution in [2.45, 2.75) is 19.9 Å². The first kappa shape index (κ1) is 29.1. The van der Waals surface area contributed by atoms with E-state index in [0.717, 1.165) is 0 Å². The molecule has 0 aliphatic carbocycles. The zero-order valence-electron chi connectivity index (χ0n) is 16.6. The molecule has 172 valence electrons. The number of amides is 1. The van der Waals surface area contributed by atoms with Crippen LogP contribution in [0, 0.1) is 0 Å². The highest BCUT2D eigenvalue weighted by atomic mass is 35.5. The zero-order chi connectivity index (χ0) is 22.5. The lowest BCUT2D eigenvalue weighted by Gasteiger charge is -2.37. The highest BCUT2D eigenvalue weighted by molar-refractivity contribution is 7.91. The van der Waals surface area contributed by atoms with E-state index < -0.39 is 41.0 Å². The molecule has 0 aromatic rings. The molecule has 1 N–H and O–H groups in total. The van der Waals surface area contributed by atoms with Crippen molar-refractivity contribution in [1.29, 1.82) is 0 Å². The fraction of sp³-hybridized carbons (Fsp3) is 0.867. The fourth-order valence-corrected chi connectivity index (χ4v) is 7.21. The van der Waals surface area contributed by atoms with Crippen LogP contribution in [0.5, 0.6) is 0 Å². The van der Waals surface area contributed by atoms with Gasteiger partial charge in [-0.3, -0.25) is 9.36 Å². The van der Waals surface area contributed by atoms with Crippen LogP contribution in [0.1, 0.15) is 13.8 Å². The van der Waals surface area contributed by atoms with Gasteiger partial charge in [-0.15, -0.1) is 34.8 Å². The molecular weight excluding hydrogens is 488 g/mol. The normalized spacial score (nSPS) is 15.3. The van der Waals surface area contributed by atoms with Gasteiger partial charge in [-0.1, -0.05) is 6.92 Å². The number of nitrogens with zero attached hydrogens (tertiary/aromatic N) is 2. The maximum atomic E-state index is 13.7. The summed E-state index contributed by atoms with van der Waals surface area (Å²) >= 11 is 17.4. The van der Waals surface area contributed by atoms with Crippen LogP contribution in [-0.4, -0.2) is 97.9 Å². The van der Waals surface area contributed by atoms with Gasteiger partial charge in [0, 0.05) is 50.7 Å². The van der Waals surface area contributed by atoms with Gasteiger partial charge in [-0.2, -0.15) is 0 Å². The summed E-state index contributed by atoms with van der Waals surface area (Å²) in [6, 6.07) is -1.16. The Kier molecular flexibility index (Phi) is 15.0. The Morgan fingerprint density at radius 1 is 1.14 bits per heavy atom. The molecule has 0 aromatic heterocycles. The fourth-order valence-electron chi connectivity index (χ4n) is 2.48. The molecule has 0 heterocycles. The van der Waals surface area contributed by atoms with Crippen LogP contribution in [0.15, 0.2) is 0 Å². The second-order valence-corrected chi connectivity index (χ2v) is 11.7. The van der Waals surface area contributed by atoms with Crippen LogP contribution < -0.4 is 5.32 Å². The van der Waals surface area contributed by atoms with E-state index in [0.29, 0.717) is 12.8 Å². The van der Waals surface area contributed by atoms with Gasteiger partial charge >= 0.3 is 7.67 Å². The van der Waals surface area contributed by atoms with Crippen LogP contribution in [0.2, 0.25) is 0 Å². The zero-order valence-corrected chi connectivity index (χ0v) is 20.5. The maximum absolute atomic E-state index is 13.7. The van der Waals surface area contributed by atoms with Crippen molar-refractivity contribution in [1.82, 2.24) is 14.7 Å². The monoisotopic (exact) mass is 515 g/mol. The molecule has 9 nitrogen and oxygen atoms in total. The molecule has 0 saturated heterocycles. The Bertz CT molecular complexity index is 649. The molecule has 2 unspecified atom stereocenters. The van der Waals surface area contributed by atoms with E-state index in [4.69, 9.17) is 39.3 Å². The Hall–Kier alpha value is 0.0700. The molecule has 0 fully saturated rings. The first-order valence-electron chi connectivity index (χ1n) is 8.96. The van der Waals surface area contributed by atoms with Gasteiger partial charge in [0.15, 0.2) is 9.84 Å². The molecule has 0 aliphatic heterocycles. The van der Waals surface area contributed by atoms with Crippen LogP contribution in [0.25, 0.3) is 0 Å². The van der Waals surface area contributed by atoms with E-state index >= 15 is 0 Å². The predicted octanol–water partition coefficient (Wildman–Crippen LogP) is 1.57. The van der Waals surface area contributed by atoms with Crippen LogP contribution >= 0.6 is 42.5 Å². The lowest BCUT2D eigenvalue weighted by Crippen LogP contribution is -2.41. The maximum Gasteiger partial charge on any atom is 0.346 e. The summed E-state index contributed by atoms with van der Waals surface area (Å²) in [5.74, 6) is -1.01. The summed E-state index contributed by atoms with van der Waals surface area (Å²) in [7, 11) is -7.39. The Balaban J connectivity index is 5.32. The van der Waals surface area contributed by atoms with Gasteiger partial charge in [-0.25, -0.2) is 17.8 Å². The van der Waals surface area contributed by atoms with Crippen molar-refractivity contribution in [3.63, 3.8) is 0 Å². The van der Waals surface area contributed by atoms with Crippen molar-refractivity contribution in [3.8, 4) is 0 Å². The van der Waals surface area contributed by atoms with E-state index in [9.17, 15) is 22.6 Å². The SMILES string of the molecule is CCN(CCCl)P(=O)(OCCS(=O)(=O)CC(C=O)NC(C)=O)N(CCCl)CCCl. The second-order valence-electron chi connectivity index (χ2n) is 5.95. The molecular formula is C15H29Cl3N3O6PS. The van der Waals surface area contributed by atoms with Gasteiger partial charge < -0.3 is 14.6 Å². The highest BCUT2D eigenvalue weighted by Crippen LogP contribution is 2.54. The molecule has 0 aliphatic rings. The van der Waals surface area contributed by atoms with Crippen LogP contribution in [0.3, 0.4) is 0 Å². The van der Waals surface area contributed by atoms with Crippen molar-refractivity contribution < 1.29 is 27.1 Å². The molecule has 0 aromatic carbocycles. The van der Waals surface area contributed by atoms with Crippen LogP contribution in [-0.2, 0) is 28.5 Å². The molecule has 0 spiro atoms. The summed E-state index contributed by atoms with van der Waals surface area (Å²) in [6.07, 6.45) is 0.354. The third-order valence-electron chi connectivity index (χ3n) is 3.75. The minimum absolute atomic E-state index is 0.179. The van der Waals surface area contributed by atoms with E-state index in [1.54, 1.807) is 6.92 Å². The van der Waals surface area contributed by atoms with E-state index in [1.807, 2.05) is 0 Å². The number of hydrogen-bond donors (Lipinski definition) is 1. The van der Waals surface area contributed by atoms with Crippen LogP contribution in [0.4, 0.5) is 0 Å². The van der Waals surface area contributed by atoms with Gasteiger partial charge in [-0.05, 0) is 0 Å². The smallest absolute Gasteiger partial charge is 0.346 e. The molecule has 0 rings (SSSR count). The Labute approximate surface area is 187 Å². The first-order valence-corrected chi connectivity index (χ1v) is 13.9. The number of rotatable bonds is 17. The van der Waals surface area contributed by atoms with Gasteiger partial charge in [0.2, 0.25) is 5.91 Å². The molecule has 29 heavy (non-hydrogen) atoms. The van der Waals surface area contributed by atoms with Crippen molar-refractivity contribution in [3.05, 3.63) is 0 Å². The number of alkyl halides is 3. The topological polar surface area (TPSA) is 113 Å². The lowest BCUT2D eigenvalue weighted by atomic mass is 10.4. The average molecular weight is 517 g/mol. The summed E-state index contributed by atoms with van der Waals surface area (Å²) < 4.78 is 46.9. The Morgan fingerprint density at radius 3 is 2.07 bits per heavy atom. The summed E-state index contributed by atoms with van der Waals surface area (Å²) in [4.78, 5) is 22.0. The van der Waals surface area contributed by atoms with E-state index in [2.05, 4.69) is 5.32 Å². The van der Waals surface area contributed by atoms with Crippen molar-refractivity contribution >= 4 is 64.5 Å². The standard InChI is InChI=1S/C15H29Cl3N3O6PS/c1-3-20(7-4-16)28(24,21(8-5-17)9-6-18)27-10-11-29(25,26)13-15(12-22)19-14(2)23/h12,15H,3-11,13H2,1-2H3,(H,19,23). The second kappa shape index (κ2) is 15.0. The predicted molar refractivity (Wildman–Crippen MR) is 117 cm³/mol. The number of nitrogens with one attached hydrogen (secondary N) is 1. The number of hydrogen-bond acceptors (Lipinski definition) is 6. The molecule has 2 atom stereocenters. The van der Waals surface area contributed by atoms with Gasteiger partial charge in [0.05, 0.1) is 24.2 Å². The summed E-state index contributed by atoms with van der Waals surface area (Å²) in [6.45, 7) is 3.67. The third-order valence-corrected chi connectivity index (χ3v) is 8.74. The number of aldehydes is 1. The lowest BCUT2D eigenvalue weighted by molar-refractivity contribution is -0.121. The van der Waals surface area contributed by atoms with Gasteiger partial charge in [0.25, 0.3) is 0 Å². The summed E-state index contributed by atoms with van der Waals surface area (Å²) in [5.41, 5.74) is 0.